The number of fused-ring (bicyclic) bond motifs is 2. The van der Waals surface area contributed by atoms with Crippen LogP contribution in [0.15, 0.2) is 53.8 Å². The third-order valence-electron chi connectivity index (χ3n) is 10.8. The zero-order valence-corrected chi connectivity index (χ0v) is 29.2. The number of carbonyl (C=O) groups is 3. The molecule has 278 valence electrons. The highest BCUT2D eigenvalue weighted by molar-refractivity contribution is 6.08. The van der Waals surface area contributed by atoms with Gasteiger partial charge in [0.25, 0.3) is 12.3 Å². The number of morpholine rings is 1. The molecule has 0 bridgehead atoms. The van der Waals surface area contributed by atoms with Crippen LogP contribution in [-0.2, 0) is 27.8 Å². The van der Waals surface area contributed by atoms with E-state index in [1.165, 1.54) is 27.7 Å². The lowest BCUT2D eigenvalue weighted by molar-refractivity contribution is -0.135. The number of aryl methyl sites for hydroxylation is 1. The first-order valence-electron chi connectivity index (χ1n) is 18.0. The van der Waals surface area contributed by atoms with Gasteiger partial charge in [0.15, 0.2) is 11.3 Å². The van der Waals surface area contributed by atoms with Crippen molar-refractivity contribution >= 4 is 40.1 Å². The summed E-state index contributed by atoms with van der Waals surface area (Å²) in [4.78, 5) is 57.4. The highest BCUT2D eigenvalue weighted by Gasteiger charge is 2.33. The summed E-state index contributed by atoms with van der Waals surface area (Å²) in [6.45, 7) is 2.99. The number of benzene rings is 1. The number of amides is 3. The van der Waals surface area contributed by atoms with Crippen molar-refractivity contribution in [3.63, 3.8) is 0 Å². The molecule has 2 N–H and O–H groups in total. The van der Waals surface area contributed by atoms with Gasteiger partial charge in [-0.2, -0.15) is 10.2 Å². The number of alkyl halides is 2. The second-order valence-corrected chi connectivity index (χ2v) is 14.2. The van der Waals surface area contributed by atoms with E-state index in [0.717, 1.165) is 56.4 Å². The predicted molar refractivity (Wildman–Crippen MR) is 188 cm³/mol. The number of halogens is 2. The van der Waals surface area contributed by atoms with Crippen molar-refractivity contribution in [2.75, 3.05) is 31.6 Å². The SMILES string of the molecule is Cn1c(=O)n(C2CCC(=O)NC2=O)c2cccc(C[C@@H]3CN(C[C@H]4CC[C@H](n5cc(NC(=O)c6cnn7cccnc67)c(C(F)F)n5)CC4)CCO3)c21. The Morgan fingerprint density at radius 2 is 1.94 bits per heavy atom. The topological polar surface area (TPSA) is 163 Å². The van der Waals surface area contributed by atoms with Gasteiger partial charge in [0.2, 0.25) is 11.8 Å². The van der Waals surface area contributed by atoms with Gasteiger partial charge in [-0.3, -0.25) is 38.4 Å². The molecule has 2 saturated heterocycles. The first-order chi connectivity index (χ1) is 25.6. The zero-order chi connectivity index (χ0) is 36.8. The highest BCUT2D eigenvalue weighted by Crippen LogP contribution is 2.36. The molecule has 53 heavy (non-hydrogen) atoms. The van der Waals surface area contributed by atoms with Gasteiger partial charge in [0.05, 0.1) is 41.7 Å². The van der Waals surface area contributed by atoms with Crippen LogP contribution in [0.25, 0.3) is 16.7 Å². The lowest BCUT2D eigenvalue weighted by atomic mass is 9.85. The molecule has 3 fully saturated rings. The Hall–Kier alpha value is -5.29. The summed E-state index contributed by atoms with van der Waals surface area (Å²) in [7, 11) is 1.70. The number of aromatic nitrogens is 7. The minimum atomic E-state index is -2.86. The maximum absolute atomic E-state index is 14.1. The van der Waals surface area contributed by atoms with E-state index >= 15 is 0 Å². The van der Waals surface area contributed by atoms with Gasteiger partial charge in [-0.15, -0.1) is 0 Å². The van der Waals surface area contributed by atoms with Crippen molar-refractivity contribution in [1.29, 1.82) is 0 Å². The molecule has 2 atom stereocenters. The molecule has 1 saturated carbocycles. The van der Waals surface area contributed by atoms with Gasteiger partial charge in [-0.1, -0.05) is 12.1 Å². The number of anilines is 1. The van der Waals surface area contributed by atoms with Crippen molar-refractivity contribution < 1.29 is 27.9 Å². The average molecular weight is 731 g/mol. The molecule has 0 radical (unpaired) electrons. The largest absolute Gasteiger partial charge is 0.375 e. The fourth-order valence-electron chi connectivity index (χ4n) is 8.21. The van der Waals surface area contributed by atoms with Crippen LogP contribution in [-0.4, -0.2) is 88.5 Å². The van der Waals surface area contributed by atoms with E-state index in [1.807, 2.05) is 18.2 Å². The predicted octanol–water partition coefficient (Wildman–Crippen LogP) is 3.42. The molecule has 6 heterocycles. The van der Waals surface area contributed by atoms with Gasteiger partial charge in [-0.25, -0.2) is 23.1 Å². The molecule has 2 aliphatic heterocycles. The van der Waals surface area contributed by atoms with Gasteiger partial charge in [-0.05, 0) is 55.7 Å². The van der Waals surface area contributed by atoms with E-state index in [-0.39, 0.29) is 47.8 Å². The number of hydrogen-bond donors (Lipinski definition) is 2. The number of nitrogens with zero attached hydrogens (tertiary/aromatic N) is 8. The normalized spacial score (nSPS) is 22.9. The summed E-state index contributed by atoms with van der Waals surface area (Å²) in [5.74, 6) is -0.955. The number of imidazole rings is 1. The number of imide groups is 1. The summed E-state index contributed by atoms with van der Waals surface area (Å²) < 4.78 is 40.4. The van der Waals surface area contributed by atoms with Crippen LogP contribution >= 0.6 is 0 Å². The molecule has 0 spiro atoms. The van der Waals surface area contributed by atoms with Crippen molar-refractivity contribution in [2.24, 2.45) is 13.0 Å². The molecule has 5 aromatic rings. The standard InChI is InChI=1S/C36H40F2N10O5/c1-44-31-22(4-2-5-27(31)48(36(44)52)28-10-11-29(49)42-35(28)51)16-24-19-45(14-15-53-24)18-21-6-8-23(9-7-21)47-20-26(30(43-47)32(37)38)41-34(50)25-17-40-46-13-3-12-39-33(25)46/h2-5,12-13,17,20-21,23-24,28,32H,6-11,14-16,18-19H2,1H3,(H,41,50)(H,42,49,51)/t21-,23-,24-,28?/m1/s1. The Labute approximate surface area is 301 Å². The molecule has 1 aliphatic carbocycles. The molecular formula is C36H40F2N10O5. The zero-order valence-electron chi connectivity index (χ0n) is 29.2. The number of rotatable bonds is 9. The maximum Gasteiger partial charge on any atom is 0.329 e. The van der Waals surface area contributed by atoms with Crippen molar-refractivity contribution in [3.05, 3.63) is 76.4 Å². The number of ether oxygens (including phenoxy) is 1. The lowest BCUT2D eigenvalue weighted by Crippen LogP contribution is -2.45. The number of piperidine rings is 1. The summed E-state index contributed by atoms with van der Waals surface area (Å²) >= 11 is 0. The van der Waals surface area contributed by atoms with Gasteiger partial charge < -0.3 is 10.1 Å². The summed E-state index contributed by atoms with van der Waals surface area (Å²) in [5.41, 5.74) is 2.08. The molecule has 1 unspecified atom stereocenters. The van der Waals surface area contributed by atoms with Crippen molar-refractivity contribution in [3.8, 4) is 0 Å². The summed E-state index contributed by atoms with van der Waals surface area (Å²) in [6.07, 6.45) is 7.48. The Kier molecular flexibility index (Phi) is 9.36. The maximum atomic E-state index is 14.1. The second kappa shape index (κ2) is 14.3. The molecule has 3 aliphatic rings. The van der Waals surface area contributed by atoms with Crippen LogP contribution < -0.4 is 16.3 Å². The Morgan fingerprint density at radius 1 is 1.11 bits per heavy atom. The summed E-state index contributed by atoms with van der Waals surface area (Å²) in [5, 5.41) is 13.3. The van der Waals surface area contributed by atoms with E-state index in [0.29, 0.717) is 30.1 Å². The van der Waals surface area contributed by atoms with E-state index < -0.39 is 30.0 Å². The Morgan fingerprint density at radius 3 is 2.74 bits per heavy atom. The Bertz CT molecular complexity index is 2250. The number of hydrogen-bond acceptors (Lipinski definition) is 9. The first-order valence-corrected chi connectivity index (χ1v) is 18.0. The van der Waals surface area contributed by atoms with Crippen molar-refractivity contribution in [2.45, 2.75) is 69.6 Å². The van der Waals surface area contributed by atoms with Crippen LogP contribution in [0.1, 0.15) is 78.6 Å². The molecule has 4 aromatic heterocycles. The average Bonchev–Trinajstić information content (AvgIpc) is 3.84. The van der Waals surface area contributed by atoms with Crippen molar-refractivity contribution in [1.82, 2.24) is 43.7 Å². The van der Waals surface area contributed by atoms with Crippen LogP contribution in [0.2, 0.25) is 0 Å². The number of para-hydroxylation sites is 1. The minimum Gasteiger partial charge on any atom is -0.375 e. The van der Waals surface area contributed by atoms with Gasteiger partial charge in [0, 0.05) is 58.1 Å². The summed E-state index contributed by atoms with van der Waals surface area (Å²) in [6, 6.07) is 6.58. The monoisotopic (exact) mass is 730 g/mol. The minimum absolute atomic E-state index is 0.0231. The third kappa shape index (κ3) is 6.74. The van der Waals surface area contributed by atoms with E-state index in [2.05, 4.69) is 30.7 Å². The molecular weight excluding hydrogens is 690 g/mol. The molecule has 15 nitrogen and oxygen atoms in total. The number of carbonyl (C=O) groups excluding carboxylic acids is 3. The fourth-order valence-corrected chi connectivity index (χ4v) is 8.21. The Balaban J connectivity index is 0.890. The van der Waals surface area contributed by atoms with Crippen LogP contribution in [0.3, 0.4) is 0 Å². The van der Waals surface area contributed by atoms with Gasteiger partial charge in [0.1, 0.15) is 11.6 Å². The van der Waals surface area contributed by atoms with E-state index in [4.69, 9.17) is 4.74 Å². The molecule has 3 amide bonds. The van der Waals surface area contributed by atoms with Crippen LogP contribution in [0.4, 0.5) is 14.5 Å². The van der Waals surface area contributed by atoms with Crippen LogP contribution in [0.5, 0.6) is 0 Å². The van der Waals surface area contributed by atoms with Gasteiger partial charge >= 0.3 is 5.69 Å². The highest BCUT2D eigenvalue weighted by atomic mass is 19.3. The molecule has 17 heteroatoms. The second-order valence-electron chi connectivity index (χ2n) is 14.2. The smallest absolute Gasteiger partial charge is 0.329 e. The molecule has 1 aromatic carbocycles. The molecule has 8 rings (SSSR count). The van der Waals surface area contributed by atoms with E-state index in [9.17, 15) is 28.0 Å². The first kappa shape index (κ1) is 34.8. The third-order valence-corrected chi connectivity index (χ3v) is 10.8. The van der Waals surface area contributed by atoms with Crippen LogP contribution in [0, 0.1) is 5.92 Å². The fraction of sp³-hybridized carbons (Fsp3) is 0.472. The lowest BCUT2D eigenvalue weighted by Gasteiger charge is -2.37. The number of nitrogens with one attached hydrogen (secondary N) is 2. The van der Waals surface area contributed by atoms with E-state index in [1.54, 1.807) is 28.6 Å². The quantitative estimate of drug-likeness (QED) is 0.217.